The molecule has 22 heavy (non-hydrogen) atoms. The highest BCUT2D eigenvalue weighted by Gasteiger charge is 2.42. The first-order valence-corrected chi connectivity index (χ1v) is 9.74. The summed E-state index contributed by atoms with van der Waals surface area (Å²) < 4.78 is 28.2. The van der Waals surface area contributed by atoms with Crippen LogP contribution in [0.5, 0.6) is 0 Å². The van der Waals surface area contributed by atoms with Gasteiger partial charge in [0.05, 0.1) is 0 Å². The summed E-state index contributed by atoms with van der Waals surface area (Å²) in [4.78, 5) is 11.3. The van der Waals surface area contributed by atoms with E-state index in [-0.39, 0.29) is 12.6 Å². The fourth-order valence-corrected chi connectivity index (χ4v) is 5.64. The van der Waals surface area contributed by atoms with E-state index < -0.39 is 22.2 Å². The lowest BCUT2D eigenvalue weighted by molar-refractivity contribution is -0.140. The van der Waals surface area contributed by atoms with Crippen LogP contribution in [0.15, 0.2) is 16.8 Å². The normalized spacial score (nSPS) is 21.3. The molecule has 124 valence electrons. The lowest BCUT2D eigenvalue weighted by atomic mass is 10.1. The maximum atomic E-state index is 12.8. The van der Waals surface area contributed by atoms with Gasteiger partial charge in [-0.25, -0.2) is 0 Å². The second kappa shape index (κ2) is 7.08. The Bertz CT molecular complexity index is 600. The number of carboxylic acid groups (broad SMARTS) is 1. The van der Waals surface area contributed by atoms with Crippen molar-refractivity contribution in [1.82, 2.24) is 8.61 Å². The van der Waals surface area contributed by atoms with Crippen LogP contribution >= 0.6 is 11.3 Å². The summed E-state index contributed by atoms with van der Waals surface area (Å²) in [7, 11) is -3.76. The number of nitrogens with zero attached hydrogens (tertiary/aromatic N) is 2. The summed E-state index contributed by atoms with van der Waals surface area (Å²) in [5.74, 6) is -1.07. The predicted octanol–water partition coefficient (Wildman–Crippen LogP) is 1.79. The summed E-state index contributed by atoms with van der Waals surface area (Å²) in [5, 5.41) is 13.2. The molecule has 2 atom stereocenters. The molecule has 0 saturated carbocycles. The van der Waals surface area contributed by atoms with Crippen molar-refractivity contribution in [3.8, 4) is 0 Å². The SMILES string of the molecule is CCN(C(C)Cc1ccsc1)S(=O)(=O)N1CCCC1C(=O)O. The number of thiophene rings is 1. The number of likely N-dealkylation sites (N-methyl/N-ethyl adjacent to an activating group) is 1. The number of carbonyl (C=O) groups is 1. The summed E-state index contributed by atoms with van der Waals surface area (Å²) in [6.07, 6.45) is 1.60. The zero-order chi connectivity index (χ0) is 16.3. The Morgan fingerprint density at radius 2 is 2.32 bits per heavy atom. The minimum atomic E-state index is -3.76. The molecular weight excluding hydrogens is 324 g/mol. The Morgan fingerprint density at radius 3 is 2.86 bits per heavy atom. The van der Waals surface area contributed by atoms with Crippen molar-refractivity contribution in [3.63, 3.8) is 0 Å². The molecule has 1 aromatic rings. The molecule has 0 bridgehead atoms. The molecule has 0 aliphatic carbocycles. The molecule has 0 radical (unpaired) electrons. The number of hydrogen-bond acceptors (Lipinski definition) is 4. The smallest absolute Gasteiger partial charge is 0.322 e. The van der Waals surface area contributed by atoms with E-state index in [2.05, 4.69) is 0 Å². The van der Waals surface area contributed by atoms with Crippen molar-refractivity contribution >= 4 is 27.5 Å². The van der Waals surface area contributed by atoms with Crippen LogP contribution in [0.3, 0.4) is 0 Å². The van der Waals surface area contributed by atoms with Crippen LogP contribution in [0.2, 0.25) is 0 Å². The standard InChI is InChI=1S/C14H22N2O4S2/c1-3-15(11(2)9-12-6-8-21-10-12)22(19,20)16-7-4-5-13(16)14(17)18/h6,8,10-11,13H,3-5,7,9H2,1-2H3,(H,17,18). The van der Waals surface area contributed by atoms with E-state index in [9.17, 15) is 18.3 Å². The Balaban J connectivity index is 2.19. The molecule has 1 aliphatic heterocycles. The topological polar surface area (TPSA) is 77.9 Å². The highest BCUT2D eigenvalue weighted by atomic mass is 32.2. The molecule has 8 heteroatoms. The zero-order valence-corrected chi connectivity index (χ0v) is 14.4. The highest BCUT2D eigenvalue weighted by Crippen LogP contribution is 2.25. The number of hydrogen-bond donors (Lipinski definition) is 1. The first-order valence-electron chi connectivity index (χ1n) is 7.40. The average Bonchev–Trinajstić information content (AvgIpc) is 3.09. The molecule has 0 spiro atoms. The maximum absolute atomic E-state index is 12.8. The van der Waals surface area contributed by atoms with Crippen LogP contribution in [-0.4, -0.2) is 53.3 Å². The van der Waals surface area contributed by atoms with Crippen molar-refractivity contribution in [2.24, 2.45) is 0 Å². The van der Waals surface area contributed by atoms with E-state index in [4.69, 9.17) is 0 Å². The van der Waals surface area contributed by atoms with Gasteiger partial charge in [0.2, 0.25) is 0 Å². The van der Waals surface area contributed by atoms with Crippen molar-refractivity contribution in [3.05, 3.63) is 22.4 Å². The third-order valence-corrected chi connectivity index (χ3v) is 6.97. The monoisotopic (exact) mass is 346 g/mol. The van der Waals surface area contributed by atoms with Gasteiger partial charge >= 0.3 is 5.97 Å². The van der Waals surface area contributed by atoms with Crippen molar-refractivity contribution in [2.75, 3.05) is 13.1 Å². The number of aliphatic carboxylic acids is 1. The van der Waals surface area contributed by atoms with E-state index in [1.54, 1.807) is 18.3 Å². The van der Waals surface area contributed by atoms with E-state index in [1.165, 1.54) is 4.31 Å². The molecule has 1 aliphatic rings. The largest absolute Gasteiger partial charge is 0.480 e. The highest BCUT2D eigenvalue weighted by molar-refractivity contribution is 7.86. The molecular formula is C14H22N2O4S2. The molecule has 2 heterocycles. The van der Waals surface area contributed by atoms with Crippen LogP contribution in [0.4, 0.5) is 0 Å². The predicted molar refractivity (Wildman–Crippen MR) is 86.1 cm³/mol. The zero-order valence-electron chi connectivity index (χ0n) is 12.8. The Hall–Kier alpha value is -0.960. The van der Waals surface area contributed by atoms with Gasteiger partial charge in [0.1, 0.15) is 6.04 Å². The van der Waals surface area contributed by atoms with E-state index in [0.717, 1.165) is 9.87 Å². The lowest BCUT2D eigenvalue weighted by Crippen LogP contribution is -2.51. The van der Waals surface area contributed by atoms with Gasteiger partial charge in [-0.15, -0.1) is 0 Å². The van der Waals surface area contributed by atoms with E-state index >= 15 is 0 Å². The summed E-state index contributed by atoms with van der Waals surface area (Å²) >= 11 is 1.58. The molecule has 1 N–H and O–H groups in total. The van der Waals surface area contributed by atoms with Crippen molar-refractivity contribution < 1.29 is 18.3 Å². The number of rotatable bonds is 7. The van der Waals surface area contributed by atoms with Gasteiger partial charge in [0.15, 0.2) is 0 Å². The molecule has 0 aromatic carbocycles. The van der Waals surface area contributed by atoms with Gasteiger partial charge in [0.25, 0.3) is 10.2 Å². The second-order valence-electron chi connectivity index (χ2n) is 5.50. The third-order valence-electron chi connectivity index (χ3n) is 4.00. The van der Waals surface area contributed by atoms with Gasteiger partial charge in [0, 0.05) is 19.1 Å². The molecule has 6 nitrogen and oxygen atoms in total. The van der Waals surface area contributed by atoms with Gasteiger partial charge in [-0.2, -0.15) is 28.4 Å². The Morgan fingerprint density at radius 1 is 1.59 bits per heavy atom. The summed E-state index contributed by atoms with van der Waals surface area (Å²) in [6, 6.07) is 0.837. The van der Waals surface area contributed by atoms with Crippen LogP contribution in [-0.2, 0) is 21.4 Å². The summed E-state index contributed by atoms with van der Waals surface area (Å²) in [6.45, 7) is 4.26. The van der Waals surface area contributed by atoms with Crippen LogP contribution < -0.4 is 0 Å². The van der Waals surface area contributed by atoms with Crippen molar-refractivity contribution in [2.45, 2.75) is 45.2 Å². The van der Waals surface area contributed by atoms with Crippen molar-refractivity contribution in [1.29, 1.82) is 0 Å². The number of carboxylic acids is 1. The molecule has 1 fully saturated rings. The fourth-order valence-electron chi connectivity index (χ4n) is 2.95. The first-order chi connectivity index (χ1) is 10.4. The van der Waals surface area contributed by atoms with Crippen LogP contribution in [0.1, 0.15) is 32.3 Å². The molecule has 2 unspecified atom stereocenters. The molecule has 2 rings (SSSR count). The molecule has 1 aromatic heterocycles. The minimum absolute atomic E-state index is 0.209. The van der Waals surface area contributed by atoms with E-state index in [0.29, 0.717) is 25.8 Å². The van der Waals surface area contributed by atoms with Crippen LogP contribution in [0.25, 0.3) is 0 Å². The van der Waals surface area contributed by atoms with Gasteiger partial charge in [-0.3, -0.25) is 4.79 Å². The average molecular weight is 346 g/mol. The summed E-state index contributed by atoms with van der Waals surface area (Å²) in [5.41, 5.74) is 1.10. The molecule has 1 saturated heterocycles. The second-order valence-corrected chi connectivity index (χ2v) is 8.12. The van der Waals surface area contributed by atoms with Gasteiger partial charge in [-0.1, -0.05) is 6.92 Å². The quantitative estimate of drug-likeness (QED) is 0.816. The third kappa shape index (κ3) is 3.51. The lowest BCUT2D eigenvalue weighted by Gasteiger charge is -2.32. The first kappa shape index (κ1) is 17.4. The fraction of sp³-hybridized carbons (Fsp3) is 0.643. The molecule has 0 amide bonds. The van der Waals surface area contributed by atoms with Crippen LogP contribution in [0, 0.1) is 0 Å². The Kier molecular flexibility index (Phi) is 5.60. The van der Waals surface area contributed by atoms with Gasteiger partial charge < -0.3 is 5.11 Å². The Labute approximate surface area is 135 Å². The van der Waals surface area contributed by atoms with E-state index in [1.807, 2.05) is 23.8 Å². The maximum Gasteiger partial charge on any atom is 0.322 e. The minimum Gasteiger partial charge on any atom is -0.480 e. The van der Waals surface area contributed by atoms with Gasteiger partial charge in [-0.05, 0) is 48.6 Å².